The topological polar surface area (TPSA) is 43.4 Å². The van der Waals surface area contributed by atoms with E-state index in [2.05, 4.69) is 39.0 Å². The monoisotopic (exact) mass is 382 g/mol. The molecule has 0 amide bonds. The lowest BCUT2D eigenvalue weighted by Crippen LogP contribution is -2.57. The number of carbonyl (C=O) groups excluding carboxylic acids is 2. The first-order valence-corrected chi connectivity index (χ1v) is 11.0. The van der Waals surface area contributed by atoms with Crippen LogP contribution in [0, 0.1) is 22.7 Å². The van der Waals surface area contributed by atoms with E-state index in [4.69, 9.17) is 4.74 Å². The number of esters is 1. The molecule has 3 heteroatoms. The van der Waals surface area contributed by atoms with E-state index in [1.165, 1.54) is 17.6 Å². The minimum absolute atomic E-state index is 0.0464. The number of fused-ring (bicyclic) bond motifs is 4. The van der Waals surface area contributed by atoms with Crippen molar-refractivity contribution in [2.24, 2.45) is 22.7 Å². The van der Waals surface area contributed by atoms with Crippen molar-refractivity contribution >= 4 is 11.8 Å². The maximum absolute atomic E-state index is 12.2. The molecule has 0 radical (unpaired) electrons. The van der Waals surface area contributed by atoms with E-state index in [-0.39, 0.29) is 22.6 Å². The van der Waals surface area contributed by atoms with E-state index >= 15 is 0 Å². The van der Waals surface area contributed by atoms with Crippen LogP contribution in [0.15, 0.2) is 35.5 Å². The molecule has 0 aliphatic heterocycles. The fourth-order valence-electron chi connectivity index (χ4n) is 6.34. The summed E-state index contributed by atoms with van der Waals surface area (Å²) in [7, 11) is 0. The Bertz CT molecular complexity index is 788. The van der Waals surface area contributed by atoms with Crippen molar-refractivity contribution < 1.29 is 14.3 Å². The molecular formula is C25H34O3. The average Bonchev–Trinajstić information content (AvgIpc) is 2.79. The molecule has 3 nitrogen and oxygen atoms in total. The van der Waals surface area contributed by atoms with Gasteiger partial charge in [-0.1, -0.05) is 44.6 Å². The molecule has 4 aliphatic carbocycles. The Morgan fingerprint density at radius 1 is 1.25 bits per heavy atom. The van der Waals surface area contributed by atoms with Crippen molar-refractivity contribution in [2.75, 3.05) is 0 Å². The summed E-state index contributed by atoms with van der Waals surface area (Å²) in [6.07, 6.45) is 16.2. The molecule has 28 heavy (non-hydrogen) atoms. The molecule has 5 atom stereocenters. The van der Waals surface area contributed by atoms with Gasteiger partial charge >= 0.3 is 5.97 Å². The summed E-state index contributed by atoms with van der Waals surface area (Å²) in [5, 5.41) is 0. The predicted octanol–water partition coefficient (Wildman–Crippen LogP) is 5.71. The molecule has 0 spiro atoms. The minimum Gasteiger partial charge on any atom is -0.459 e. The van der Waals surface area contributed by atoms with Crippen LogP contribution in [0.3, 0.4) is 0 Å². The summed E-state index contributed by atoms with van der Waals surface area (Å²) in [6.45, 7) is 8.69. The molecule has 4 rings (SSSR count). The van der Waals surface area contributed by atoms with E-state index in [9.17, 15) is 9.59 Å². The highest BCUT2D eigenvalue weighted by Gasteiger charge is 2.57. The van der Waals surface area contributed by atoms with Crippen LogP contribution in [0.4, 0.5) is 0 Å². The number of allylic oxidation sites excluding steroid dienone is 6. The lowest BCUT2D eigenvalue weighted by atomic mass is 9.50. The highest BCUT2D eigenvalue weighted by atomic mass is 16.6. The fraction of sp³-hybridized carbons (Fsp3) is 0.680. The molecule has 0 N–H and O–H groups in total. The highest BCUT2D eigenvalue weighted by Crippen LogP contribution is 2.61. The zero-order valence-electron chi connectivity index (χ0n) is 17.8. The number of carbonyl (C=O) groups is 2. The lowest BCUT2D eigenvalue weighted by Gasteiger charge is -2.57. The third-order valence-corrected chi connectivity index (χ3v) is 8.49. The van der Waals surface area contributed by atoms with E-state index in [1.807, 2.05) is 13.0 Å². The van der Waals surface area contributed by atoms with E-state index in [0.717, 1.165) is 32.1 Å². The molecule has 4 aliphatic rings. The molecule has 0 heterocycles. The van der Waals surface area contributed by atoms with Crippen LogP contribution in [0.25, 0.3) is 0 Å². The molecule has 1 saturated carbocycles. The SMILES string of the molecule is CCC(=O)OC1(C)CCCC2C3C=CC4=CC(=O)CCC4(C)CC3=CCC21C. The first-order valence-electron chi connectivity index (χ1n) is 11.0. The van der Waals surface area contributed by atoms with Gasteiger partial charge < -0.3 is 4.74 Å². The van der Waals surface area contributed by atoms with Gasteiger partial charge in [0, 0.05) is 24.2 Å². The lowest BCUT2D eigenvalue weighted by molar-refractivity contribution is -0.191. The van der Waals surface area contributed by atoms with Gasteiger partial charge in [-0.3, -0.25) is 9.59 Å². The molecule has 152 valence electrons. The zero-order chi connectivity index (χ0) is 20.2. The number of ketones is 1. The van der Waals surface area contributed by atoms with Crippen LogP contribution in [0.2, 0.25) is 0 Å². The third-order valence-electron chi connectivity index (χ3n) is 8.49. The van der Waals surface area contributed by atoms with Gasteiger partial charge in [0.05, 0.1) is 0 Å². The van der Waals surface area contributed by atoms with Gasteiger partial charge in [-0.05, 0) is 68.4 Å². The molecule has 0 aromatic rings. The van der Waals surface area contributed by atoms with E-state index in [0.29, 0.717) is 24.7 Å². The van der Waals surface area contributed by atoms with Gasteiger partial charge in [0.25, 0.3) is 0 Å². The van der Waals surface area contributed by atoms with Gasteiger partial charge in [-0.2, -0.15) is 0 Å². The molecule has 0 aromatic heterocycles. The largest absolute Gasteiger partial charge is 0.459 e. The first-order chi connectivity index (χ1) is 13.2. The Hall–Kier alpha value is -1.64. The summed E-state index contributed by atoms with van der Waals surface area (Å²) in [5.74, 6) is 1.04. The van der Waals surface area contributed by atoms with Crippen LogP contribution >= 0.6 is 0 Å². The zero-order valence-corrected chi connectivity index (χ0v) is 17.8. The van der Waals surface area contributed by atoms with Gasteiger partial charge in [-0.15, -0.1) is 0 Å². The average molecular weight is 383 g/mol. The molecule has 0 saturated heterocycles. The number of hydrogen-bond donors (Lipinski definition) is 0. The second kappa shape index (κ2) is 6.71. The summed E-state index contributed by atoms with van der Waals surface area (Å²) in [6, 6.07) is 0. The normalized spacial score (nSPS) is 42.4. The van der Waals surface area contributed by atoms with Crippen LogP contribution in [-0.4, -0.2) is 17.4 Å². The van der Waals surface area contributed by atoms with Gasteiger partial charge in [0.15, 0.2) is 5.78 Å². The van der Waals surface area contributed by atoms with Gasteiger partial charge in [0.1, 0.15) is 5.60 Å². The van der Waals surface area contributed by atoms with Crippen molar-refractivity contribution in [3.8, 4) is 0 Å². The second-order valence-electron chi connectivity index (χ2n) is 10.1. The van der Waals surface area contributed by atoms with Crippen LogP contribution in [-0.2, 0) is 14.3 Å². The summed E-state index contributed by atoms with van der Waals surface area (Å²) >= 11 is 0. The maximum Gasteiger partial charge on any atom is 0.306 e. The quantitative estimate of drug-likeness (QED) is 0.454. The molecule has 0 bridgehead atoms. The van der Waals surface area contributed by atoms with E-state index < -0.39 is 5.60 Å². The van der Waals surface area contributed by atoms with Crippen LogP contribution in [0.5, 0.6) is 0 Å². The van der Waals surface area contributed by atoms with Gasteiger partial charge in [0.2, 0.25) is 0 Å². The van der Waals surface area contributed by atoms with Crippen molar-refractivity contribution in [3.05, 3.63) is 35.5 Å². The number of ether oxygens (including phenoxy) is 1. The molecular weight excluding hydrogens is 348 g/mol. The Kier molecular flexibility index (Phi) is 4.71. The Balaban J connectivity index is 1.72. The molecule has 5 unspecified atom stereocenters. The van der Waals surface area contributed by atoms with Crippen molar-refractivity contribution in [3.63, 3.8) is 0 Å². The summed E-state index contributed by atoms with van der Waals surface area (Å²) in [5.41, 5.74) is 2.36. The Morgan fingerprint density at radius 2 is 2.04 bits per heavy atom. The maximum atomic E-state index is 12.2. The van der Waals surface area contributed by atoms with Crippen molar-refractivity contribution in [2.45, 2.75) is 84.7 Å². The first kappa shape index (κ1) is 19.7. The van der Waals surface area contributed by atoms with E-state index in [1.54, 1.807) is 0 Å². The summed E-state index contributed by atoms with van der Waals surface area (Å²) in [4.78, 5) is 24.2. The third kappa shape index (κ3) is 2.93. The Labute approximate surface area is 169 Å². The highest BCUT2D eigenvalue weighted by molar-refractivity contribution is 5.92. The molecule has 1 fully saturated rings. The minimum atomic E-state index is -0.406. The summed E-state index contributed by atoms with van der Waals surface area (Å²) < 4.78 is 6.09. The Morgan fingerprint density at radius 3 is 2.79 bits per heavy atom. The molecule has 0 aromatic carbocycles. The van der Waals surface area contributed by atoms with Gasteiger partial charge in [-0.25, -0.2) is 0 Å². The van der Waals surface area contributed by atoms with Crippen molar-refractivity contribution in [1.29, 1.82) is 0 Å². The van der Waals surface area contributed by atoms with Crippen LogP contribution in [0.1, 0.15) is 79.1 Å². The number of hydrogen-bond acceptors (Lipinski definition) is 3. The van der Waals surface area contributed by atoms with Crippen LogP contribution < -0.4 is 0 Å². The smallest absolute Gasteiger partial charge is 0.306 e. The predicted molar refractivity (Wildman–Crippen MR) is 111 cm³/mol. The second-order valence-corrected chi connectivity index (χ2v) is 10.1. The fourth-order valence-corrected chi connectivity index (χ4v) is 6.34. The standard InChI is InChI=1S/C25H34O3/c1-5-22(27)28-25(4)12-6-7-21-20-9-8-18-15-19(26)11-13-23(18,2)16-17(20)10-14-24(21,25)3/h8-10,15,20-21H,5-7,11-14,16H2,1-4H3. The van der Waals surface area contributed by atoms with Crippen molar-refractivity contribution in [1.82, 2.24) is 0 Å². The number of rotatable bonds is 2.